The van der Waals surface area contributed by atoms with Gasteiger partial charge in [-0.05, 0) is 37.1 Å². The van der Waals surface area contributed by atoms with Crippen LogP contribution in [-0.4, -0.2) is 8.07 Å². The second-order valence-electron chi connectivity index (χ2n) is 7.14. The third-order valence-corrected chi connectivity index (χ3v) is 6.27. The van der Waals surface area contributed by atoms with Crippen molar-refractivity contribution in [1.82, 2.24) is 0 Å². The Balaban J connectivity index is 2.66. The van der Waals surface area contributed by atoms with Gasteiger partial charge in [-0.25, -0.2) is 4.57 Å². The highest BCUT2D eigenvalue weighted by molar-refractivity contribution is 6.88. The fraction of sp³-hybridized carbons (Fsp3) is 0.389. The maximum atomic E-state index is 13.0. The number of aryl methyl sites for hydroxylation is 3. The van der Waals surface area contributed by atoms with Gasteiger partial charge in [-0.2, -0.15) is 13.2 Å². The zero-order chi connectivity index (χ0) is 17.6. The van der Waals surface area contributed by atoms with Crippen LogP contribution in [-0.2, 0) is 13.2 Å². The Morgan fingerprint density at radius 1 is 0.957 bits per heavy atom. The first-order valence-electron chi connectivity index (χ1n) is 7.60. The van der Waals surface area contributed by atoms with Crippen molar-refractivity contribution in [2.75, 3.05) is 0 Å². The Bertz CT molecular complexity index is 743. The number of hydrogen-bond donors (Lipinski definition) is 0. The van der Waals surface area contributed by atoms with Crippen molar-refractivity contribution in [2.24, 2.45) is 7.05 Å². The van der Waals surface area contributed by atoms with E-state index in [1.165, 1.54) is 11.3 Å². The second-order valence-corrected chi connectivity index (χ2v) is 12.2. The lowest BCUT2D eigenvalue weighted by Crippen LogP contribution is -2.46. The van der Waals surface area contributed by atoms with Gasteiger partial charge in [0.2, 0.25) is 5.69 Å². The summed E-state index contributed by atoms with van der Waals surface area (Å²) in [5.74, 6) is 0. The highest BCUT2D eigenvalue weighted by Crippen LogP contribution is 2.33. The molecule has 1 aromatic heterocycles. The van der Waals surface area contributed by atoms with Gasteiger partial charge in [0, 0.05) is 16.8 Å². The summed E-state index contributed by atoms with van der Waals surface area (Å²) in [6.45, 7) is 10.7. The largest absolute Gasteiger partial charge is 0.416 e. The molecular formula is C18H23F3NSi+. The van der Waals surface area contributed by atoms with E-state index >= 15 is 0 Å². The summed E-state index contributed by atoms with van der Waals surface area (Å²) in [5, 5.41) is 1.33. The lowest BCUT2D eigenvalue weighted by Gasteiger charge is -2.19. The maximum Gasteiger partial charge on any atom is 0.416 e. The lowest BCUT2D eigenvalue weighted by atomic mass is 10.0. The van der Waals surface area contributed by atoms with Gasteiger partial charge in [0.1, 0.15) is 7.05 Å². The van der Waals surface area contributed by atoms with Crippen molar-refractivity contribution < 1.29 is 17.7 Å². The van der Waals surface area contributed by atoms with Gasteiger partial charge in [0.15, 0.2) is 6.20 Å². The molecule has 0 amide bonds. The van der Waals surface area contributed by atoms with Crippen LogP contribution in [0.2, 0.25) is 19.6 Å². The van der Waals surface area contributed by atoms with E-state index in [9.17, 15) is 13.2 Å². The quantitative estimate of drug-likeness (QED) is 0.566. The van der Waals surface area contributed by atoms with Crippen molar-refractivity contribution in [1.29, 1.82) is 0 Å². The first-order chi connectivity index (χ1) is 10.4. The van der Waals surface area contributed by atoms with E-state index in [1.807, 2.05) is 31.5 Å². The van der Waals surface area contributed by atoms with Gasteiger partial charge in [-0.3, -0.25) is 0 Å². The maximum absolute atomic E-state index is 13.0. The number of rotatable bonds is 2. The molecule has 1 heterocycles. The summed E-state index contributed by atoms with van der Waals surface area (Å²) in [4.78, 5) is 0. The van der Waals surface area contributed by atoms with Crippen LogP contribution in [0, 0.1) is 13.8 Å². The molecule has 0 aliphatic rings. The normalized spacial score (nSPS) is 12.6. The molecule has 1 nitrogen and oxygen atoms in total. The topological polar surface area (TPSA) is 3.88 Å². The fourth-order valence-electron chi connectivity index (χ4n) is 2.88. The standard InChI is InChI=1S/C18H23F3NSi/c1-12-7-8-14(18(19,20)21)10-15(12)16-9-13(2)17(11-22(16)3)23(4,5)6/h7-11H,1-6H3/q+1. The Hall–Kier alpha value is -1.62. The molecule has 0 aliphatic heterocycles. The second kappa shape index (κ2) is 5.78. The molecule has 124 valence electrons. The Labute approximate surface area is 136 Å². The van der Waals surface area contributed by atoms with Gasteiger partial charge < -0.3 is 0 Å². The predicted octanol–water partition coefficient (Wildman–Crippen LogP) is 4.36. The predicted molar refractivity (Wildman–Crippen MR) is 90.5 cm³/mol. The average molecular weight is 338 g/mol. The summed E-state index contributed by atoms with van der Waals surface area (Å²) >= 11 is 0. The number of benzene rings is 1. The van der Waals surface area contributed by atoms with Crippen LogP contribution in [0.1, 0.15) is 16.7 Å². The van der Waals surface area contributed by atoms with Crippen LogP contribution < -0.4 is 9.75 Å². The number of alkyl halides is 3. The highest BCUT2D eigenvalue weighted by atomic mass is 28.3. The van der Waals surface area contributed by atoms with E-state index in [4.69, 9.17) is 0 Å². The van der Waals surface area contributed by atoms with Crippen LogP contribution in [0.4, 0.5) is 13.2 Å². The molecule has 0 radical (unpaired) electrons. The van der Waals surface area contributed by atoms with Gasteiger partial charge in [0.05, 0.1) is 13.6 Å². The van der Waals surface area contributed by atoms with Crippen LogP contribution in [0.15, 0.2) is 30.5 Å². The summed E-state index contributed by atoms with van der Waals surface area (Å²) < 4.78 is 41.0. The minimum atomic E-state index is -4.33. The molecule has 0 aliphatic carbocycles. The molecule has 0 spiro atoms. The number of hydrogen-bond acceptors (Lipinski definition) is 0. The van der Waals surface area contributed by atoms with E-state index in [-0.39, 0.29) is 0 Å². The molecular weight excluding hydrogens is 315 g/mol. The average Bonchev–Trinajstić information content (AvgIpc) is 2.39. The SMILES string of the molecule is Cc1ccc(C(F)(F)F)cc1-c1cc(C)c([Si](C)(C)C)c[n+]1C. The third kappa shape index (κ3) is 3.66. The number of halogens is 3. The molecule has 5 heteroatoms. The van der Waals surface area contributed by atoms with Crippen LogP contribution in [0.3, 0.4) is 0 Å². The van der Waals surface area contributed by atoms with Crippen molar-refractivity contribution in [3.63, 3.8) is 0 Å². The van der Waals surface area contributed by atoms with Gasteiger partial charge in [-0.1, -0.05) is 25.7 Å². The van der Waals surface area contributed by atoms with Crippen molar-refractivity contribution in [2.45, 2.75) is 39.7 Å². The Morgan fingerprint density at radius 3 is 2.09 bits per heavy atom. The van der Waals surface area contributed by atoms with Gasteiger partial charge in [-0.15, -0.1) is 0 Å². The number of nitrogens with zero attached hydrogens (tertiary/aromatic N) is 1. The van der Waals surface area contributed by atoms with Gasteiger partial charge in [0.25, 0.3) is 0 Å². The van der Waals surface area contributed by atoms with E-state index in [0.717, 1.165) is 22.9 Å². The Morgan fingerprint density at radius 2 is 1.57 bits per heavy atom. The van der Waals surface area contributed by atoms with E-state index in [0.29, 0.717) is 5.56 Å². The van der Waals surface area contributed by atoms with Crippen molar-refractivity contribution >= 4 is 13.3 Å². The number of aromatic nitrogens is 1. The minimum Gasteiger partial charge on any atom is -0.201 e. The molecule has 0 bridgehead atoms. The zero-order valence-corrected chi connectivity index (χ0v) is 15.5. The lowest BCUT2D eigenvalue weighted by molar-refractivity contribution is -0.659. The molecule has 0 saturated heterocycles. The summed E-state index contributed by atoms with van der Waals surface area (Å²) in [5.41, 5.74) is 2.83. The van der Waals surface area contributed by atoms with Crippen LogP contribution in [0.25, 0.3) is 11.3 Å². The molecule has 23 heavy (non-hydrogen) atoms. The summed E-state index contributed by atoms with van der Waals surface area (Å²) in [6.07, 6.45) is -2.25. The molecule has 2 rings (SSSR count). The fourth-order valence-corrected chi connectivity index (χ4v) is 4.71. The molecule has 0 unspecified atom stereocenters. The molecule has 2 aromatic rings. The molecule has 0 fully saturated rings. The smallest absolute Gasteiger partial charge is 0.201 e. The first-order valence-corrected chi connectivity index (χ1v) is 11.1. The van der Waals surface area contributed by atoms with Crippen molar-refractivity contribution in [3.8, 4) is 11.3 Å². The molecule has 0 atom stereocenters. The zero-order valence-electron chi connectivity index (χ0n) is 14.5. The van der Waals surface area contributed by atoms with Crippen LogP contribution in [0.5, 0.6) is 0 Å². The third-order valence-electron chi connectivity index (χ3n) is 4.13. The molecule has 0 saturated carbocycles. The number of pyridine rings is 1. The van der Waals surface area contributed by atoms with E-state index < -0.39 is 19.8 Å². The molecule has 1 aromatic carbocycles. The van der Waals surface area contributed by atoms with E-state index in [1.54, 1.807) is 6.07 Å². The Kier molecular flexibility index (Phi) is 4.46. The summed E-state index contributed by atoms with van der Waals surface area (Å²) in [6, 6.07) is 5.94. The van der Waals surface area contributed by atoms with Crippen LogP contribution >= 0.6 is 0 Å². The highest BCUT2D eigenvalue weighted by Gasteiger charge is 2.32. The first kappa shape index (κ1) is 17.7. The summed E-state index contributed by atoms with van der Waals surface area (Å²) in [7, 11) is 0.413. The van der Waals surface area contributed by atoms with Gasteiger partial charge >= 0.3 is 6.18 Å². The monoisotopic (exact) mass is 338 g/mol. The minimum absolute atomic E-state index is 0.606. The van der Waals surface area contributed by atoms with Crippen molar-refractivity contribution in [3.05, 3.63) is 47.2 Å². The molecule has 0 N–H and O–H groups in total. The van der Waals surface area contributed by atoms with E-state index in [2.05, 4.69) is 25.8 Å².